The molecule has 8 heteroatoms. The number of hydrogen-bond donors (Lipinski definition) is 0. The van der Waals surface area contributed by atoms with Crippen molar-refractivity contribution in [2.24, 2.45) is 0 Å². The summed E-state index contributed by atoms with van der Waals surface area (Å²) in [4.78, 5) is 21.8. The average Bonchev–Trinajstić information content (AvgIpc) is 3.06. The second-order valence-corrected chi connectivity index (χ2v) is 5.46. The Kier molecular flexibility index (Phi) is 3.15. The van der Waals surface area contributed by atoms with Gasteiger partial charge < -0.3 is 9.47 Å². The molecule has 1 aromatic carbocycles. The summed E-state index contributed by atoms with van der Waals surface area (Å²) in [6.45, 7) is 0.0102. The molecule has 0 radical (unpaired) electrons. The van der Waals surface area contributed by atoms with Crippen molar-refractivity contribution < 1.29 is 19.3 Å². The van der Waals surface area contributed by atoms with Gasteiger partial charge in [-0.2, -0.15) is 0 Å². The molecule has 1 saturated carbocycles. The first kappa shape index (κ1) is 13.6. The summed E-state index contributed by atoms with van der Waals surface area (Å²) in [7, 11) is 0. The molecule has 0 amide bonds. The van der Waals surface area contributed by atoms with E-state index in [0.29, 0.717) is 29.9 Å². The Morgan fingerprint density at radius 1 is 1.10 bits per heavy atom. The molecule has 2 aliphatic rings. The van der Waals surface area contributed by atoms with Crippen molar-refractivity contribution in [2.75, 3.05) is 6.79 Å². The zero-order valence-electron chi connectivity index (χ0n) is 11.2. The fraction of sp³-hybridized carbons (Fsp3) is 0.538. The van der Waals surface area contributed by atoms with Crippen LogP contribution in [0.4, 0.5) is 5.69 Å². The van der Waals surface area contributed by atoms with Crippen LogP contribution >= 0.6 is 0 Å². The van der Waals surface area contributed by atoms with Crippen LogP contribution in [0.1, 0.15) is 31.2 Å². The number of hydrogen-bond acceptors (Lipinski definition) is 6. The number of nitro benzene ring substituents is 1. The van der Waals surface area contributed by atoms with Crippen molar-refractivity contribution in [1.82, 2.24) is 0 Å². The topological polar surface area (TPSA) is 105 Å². The van der Waals surface area contributed by atoms with Gasteiger partial charge in [-0.25, -0.2) is 0 Å². The number of rotatable bonds is 4. The summed E-state index contributed by atoms with van der Waals surface area (Å²) in [5.41, 5.74) is -0.909. The fourth-order valence-corrected chi connectivity index (χ4v) is 3.10. The zero-order valence-corrected chi connectivity index (χ0v) is 11.2. The van der Waals surface area contributed by atoms with E-state index in [0.717, 1.165) is 12.8 Å². The first-order chi connectivity index (χ1) is 10.0. The molecular weight excluding hydrogens is 280 g/mol. The van der Waals surface area contributed by atoms with Gasteiger partial charge in [0, 0.05) is 29.7 Å². The molecule has 0 spiro atoms. The van der Waals surface area contributed by atoms with E-state index in [2.05, 4.69) is 0 Å². The summed E-state index contributed by atoms with van der Waals surface area (Å²) in [6.07, 6.45) is 2.50. The minimum absolute atomic E-state index is 0.0102. The Morgan fingerprint density at radius 3 is 2.29 bits per heavy atom. The first-order valence-electron chi connectivity index (χ1n) is 6.73. The lowest BCUT2D eigenvalue weighted by molar-refractivity contribution is -0.568. The number of nitro groups is 2. The summed E-state index contributed by atoms with van der Waals surface area (Å²) < 4.78 is 10.3. The molecule has 1 aliphatic heterocycles. The van der Waals surface area contributed by atoms with Gasteiger partial charge in [0.05, 0.1) is 11.0 Å². The van der Waals surface area contributed by atoms with Gasteiger partial charge in [0.15, 0.2) is 11.5 Å². The van der Waals surface area contributed by atoms with E-state index in [9.17, 15) is 20.2 Å². The van der Waals surface area contributed by atoms with E-state index in [4.69, 9.17) is 9.47 Å². The molecular formula is C13H14N2O6. The largest absolute Gasteiger partial charge is 0.454 e. The van der Waals surface area contributed by atoms with E-state index in [-0.39, 0.29) is 23.8 Å². The number of ether oxygens (including phenoxy) is 2. The monoisotopic (exact) mass is 294 g/mol. The maximum Gasteiger partial charge on any atom is 0.276 e. The van der Waals surface area contributed by atoms with Crippen molar-refractivity contribution in [3.05, 3.63) is 37.9 Å². The predicted molar refractivity (Wildman–Crippen MR) is 71.1 cm³/mol. The molecule has 8 nitrogen and oxygen atoms in total. The van der Waals surface area contributed by atoms with Crippen LogP contribution < -0.4 is 9.47 Å². The highest BCUT2D eigenvalue weighted by atomic mass is 16.7. The predicted octanol–water partition coefficient (Wildman–Crippen LogP) is 2.46. The lowest BCUT2D eigenvalue weighted by Crippen LogP contribution is -2.37. The van der Waals surface area contributed by atoms with Gasteiger partial charge in [-0.1, -0.05) is 0 Å². The third-order valence-corrected chi connectivity index (χ3v) is 4.21. The first-order valence-corrected chi connectivity index (χ1v) is 6.73. The van der Waals surface area contributed by atoms with Crippen LogP contribution in [0.5, 0.6) is 11.5 Å². The van der Waals surface area contributed by atoms with Crippen LogP contribution in [-0.2, 0) is 6.42 Å². The van der Waals surface area contributed by atoms with Crippen LogP contribution in [0.15, 0.2) is 12.1 Å². The van der Waals surface area contributed by atoms with Crippen molar-refractivity contribution in [2.45, 2.75) is 37.6 Å². The Bertz CT molecular complexity index is 609. The Hall–Kier alpha value is -2.38. The van der Waals surface area contributed by atoms with Crippen molar-refractivity contribution in [1.29, 1.82) is 0 Å². The van der Waals surface area contributed by atoms with E-state index in [1.54, 1.807) is 0 Å². The van der Waals surface area contributed by atoms with Crippen molar-refractivity contribution in [3.63, 3.8) is 0 Å². The highest BCUT2D eigenvalue weighted by molar-refractivity contribution is 5.55. The van der Waals surface area contributed by atoms with Crippen molar-refractivity contribution in [3.8, 4) is 11.5 Å². The maximum atomic E-state index is 11.4. The molecule has 0 aromatic heterocycles. The molecule has 0 N–H and O–H groups in total. The van der Waals surface area contributed by atoms with Gasteiger partial charge in [0.25, 0.3) is 5.69 Å². The molecule has 1 aromatic rings. The third kappa shape index (κ3) is 2.26. The second-order valence-electron chi connectivity index (χ2n) is 5.46. The number of benzene rings is 1. The summed E-state index contributed by atoms with van der Waals surface area (Å²) in [5, 5.41) is 22.6. The van der Waals surface area contributed by atoms with Crippen LogP contribution in [0, 0.1) is 20.2 Å². The highest BCUT2D eigenvalue weighted by Gasteiger charge is 2.47. The standard InChI is InChI=1S/C13H14N2O6/c16-14(17)10-6-12-11(20-8-21-12)5-9(10)7-13(15(18)19)3-1-2-4-13/h5-6H,1-4,7-8H2. The molecule has 0 unspecified atom stereocenters. The molecule has 1 heterocycles. The molecule has 1 fully saturated rings. The molecule has 21 heavy (non-hydrogen) atoms. The molecule has 0 bridgehead atoms. The average molecular weight is 294 g/mol. The van der Waals surface area contributed by atoms with Crippen LogP contribution in [0.25, 0.3) is 0 Å². The van der Waals surface area contributed by atoms with Gasteiger partial charge in [0.2, 0.25) is 12.3 Å². The molecule has 3 rings (SSSR count). The molecule has 0 saturated heterocycles. The van der Waals surface area contributed by atoms with Gasteiger partial charge in [0.1, 0.15) is 0 Å². The van der Waals surface area contributed by atoms with E-state index in [1.165, 1.54) is 12.1 Å². The second kappa shape index (κ2) is 4.87. The van der Waals surface area contributed by atoms with Crippen LogP contribution in [-0.4, -0.2) is 22.2 Å². The minimum atomic E-state index is -1.10. The smallest absolute Gasteiger partial charge is 0.276 e. The van der Waals surface area contributed by atoms with E-state index in [1.807, 2.05) is 0 Å². The van der Waals surface area contributed by atoms with E-state index >= 15 is 0 Å². The maximum absolute atomic E-state index is 11.4. The molecule has 0 atom stereocenters. The Labute approximate surface area is 120 Å². The van der Waals surface area contributed by atoms with Crippen LogP contribution in [0.3, 0.4) is 0 Å². The van der Waals surface area contributed by atoms with Gasteiger partial charge in [-0.05, 0) is 18.9 Å². The van der Waals surface area contributed by atoms with Gasteiger partial charge in [-0.15, -0.1) is 0 Å². The van der Waals surface area contributed by atoms with E-state index < -0.39 is 10.5 Å². The summed E-state index contributed by atoms with van der Waals surface area (Å²) in [5.74, 6) is 0.721. The summed E-state index contributed by atoms with van der Waals surface area (Å²) in [6, 6.07) is 2.80. The molecule has 1 aliphatic carbocycles. The van der Waals surface area contributed by atoms with Crippen molar-refractivity contribution >= 4 is 5.69 Å². The van der Waals surface area contributed by atoms with Crippen LogP contribution in [0.2, 0.25) is 0 Å². The normalized spacial score (nSPS) is 18.7. The fourth-order valence-electron chi connectivity index (χ4n) is 3.10. The van der Waals surface area contributed by atoms with Gasteiger partial charge in [-0.3, -0.25) is 20.2 Å². The SMILES string of the molecule is O=[N+]([O-])c1cc2c(cc1CC1([N+](=O)[O-])CCCC1)OCO2. The number of nitrogens with zero attached hydrogens (tertiary/aromatic N) is 2. The quantitative estimate of drug-likeness (QED) is 0.624. The number of fused-ring (bicyclic) bond motifs is 1. The van der Waals surface area contributed by atoms with Gasteiger partial charge >= 0.3 is 0 Å². The zero-order chi connectivity index (χ0) is 15.0. The lowest BCUT2D eigenvalue weighted by Gasteiger charge is -2.19. The highest BCUT2D eigenvalue weighted by Crippen LogP contribution is 2.42. The lowest BCUT2D eigenvalue weighted by atomic mass is 9.89. The Balaban J connectivity index is 2.01. The summed E-state index contributed by atoms with van der Waals surface area (Å²) >= 11 is 0. The Morgan fingerprint density at radius 2 is 1.71 bits per heavy atom. The molecule has 112 valence electrons. The third-order valence-electron chi connectivity index (χ3n) is 4.21. The minimum Gasteiger partial charge on any atom is -0.454 e.